The van der Waals surface area contributed by atoms with E-state index in [-0.39, 0.29) is 10.7 Å². The molecule has 3 rings (SSSR count). The van der Waals surface area contributed by atoms with Gasteiger partial charge in [0, 0.05) is 0 Å². The number of nitrogens with zero attached hydrogens (tertiary/aromatic N) is 1. The number of rotatable bonds is 6. The van der Waals surface area contributed by atoms with Crippen molar-refractivity contribution in [3.05, 3.63) is 52.0 Å². The zero-order chi connectivity index (χ0) is 21.8. The summed E-state index contributed by atoms with van der Waals surface area (Å²) in [4.78, 5) is 27.0. The Morgan fingerprint density at radius 1 is 1.13 bits per heavy atom. The number of carbonyl (C=O) groups excluding carboxylic acids is 2. The summed E-state index contributed by atoms with van der Waals surface area (Å²) in [5.41, 5.74) is 0.943. The van der Waals surface area contributed by atoms with Gasteiger partial charge in [0.25, 0.3) is 11.8 Å². The Morgan fingerprint density at radius 3 is 2.53 bits per heavy atom. The molecule has 0 unspecified atom stereocenters. The van der Waals surface area contributed by atoms with E-state index in [4.69, 9.17) is 26.4 Å². The summed E-state index contributed by atoms with van der Waals surface area (Å²) in [5, 5.41) is 2.55. The van der Waals surface area contributed by atoms with Crippen molar-refractivity contribution in [2.75, 3.05) is 25.7 Å². The molecular formula is C21H19BrN2O5S. The molecule has 1 aliphatic rings. The standard InChI is InChI=1S/C21H19BrN2O5S/c1-4-29-17-11-12(10-14(22)18(17)28-3)9-13-19(25)23-21(30)24(20(13)26)15-7-5-6-8-16(15)27-2/h5-11H,4H2,1-3H3,(H,23,25,30)/b13-9+. The van der Waals surface area contributed by atoms with Gasteiger partial charge in [0.2, 0.25) is 0 Å². The highest BCUT2D eigenvalue weighted by molar-refractivity contribution is 9.10. The highest BCUT2D eigenvalue weighted by Gasteiger charge is 2.35. The van der Waals surface area contributed by atoms with Crippen LogP contribution >= 0.6 is 28.1 Å². The topological polar surface area (TPSA) is 77.1 Å². The Balaban J connectivity index is 2.07. The highest BCUT2D eigenvalue weighted by atomic mass is 79.9. The molecule has 0 aliphatic carbocycles. The summed E-state index contributed by atoms with van der Waals surface area (Å²) in [5.74, 6) is 0.325. The minimum atomic E-state index is -0.582. The van der Waals surface area contributed by atoms with Crippen molar-refractivity contribution in [2.45, 2.75) is 6.92 Å². The number of para-hydroxylation sites is 2. The molecule has 0 spiro atoms. The quantitative estimate of drug-likeness (QED) is 0.378. The van der Waals surface area contributed by atoms with Crippen molar-refractivity contribution in [1.82, 2.24) is 5.32 Å². The predicted molar refractivity (Wildman–Crippen MR) is 121 cm³/mol. The molecule has 156 valence electrons. The zero-order valence-electron chi connectivity index (χ0n) is 16.5. The molecule has 1 aliphatic heterocycles. The van der Waals surface area contributed by atoms with Gasteiger partial charge in [-0.25, -0.2) is 4.90 Å². The largest absolute Gasteiger partial charge is 0.495 e. The Hall–Kier alpha value is -2.91. The first-order valence-corrected chi connectivity index (χ1v) is 10.2. The smallest absolute Gasteiger partial charge is 0.270 e. The lowest BCUT2D eigenvalue weighted by atomic mass is 10.1. The third-order valence-corrected chi connectivity index (χ3v) is 5.15. The maximum atomic E-state index is 13.2. The molecule has 0 atom stereocenters. The first-order chi connectivity index (χ1) is 14.4. The second-order valence-corrected chi connectivity index (χ2v) is 7.34. The molecule has 0 bridgehead atoms. The van der Waals surface area contributed by atoms with E-state index in [2.05, 4.69) is 21.2 Å². The minimum absolute atomic E-state index is 0.0161. The minimum Gasteiger partial charge on any atom is -0.495 e. The second-order valence-electron chi connectivity index (χ2n) is 6.10. The number of hydrogen-bond acceptors (Lipinski definition) is 6. The number of anilines is 1. The lowest BCUT2D eigenvalue weighted by molar-refractivity contribution is -0.122. The number of hydrogen-bond donors (Lipinski definition) is 1. The predicted octanol–water partition coefficient (Wildman–Crippen LogP) is 3.70. The molecule has 0 aromatic heterocycles. The lowest BCUT2D eigenvalue weighted by Gasteiger charge is -2.29. The van der Waals surface area contributed by atoms with E-state index in [0.29, 0.717) is 39.6 Å². The summed E-state index contributed by atoms with van der Waals surface area (Å²) >= 11 is 8.68. The Morgan fingerprint density at radius 2 is 1.87 bits per heavy atom. The number of ether oxygens (including phenoxy) is 3. The number of carbonyl (C=O) groups is 2. The van der Waals surface area contributed by atoms with Crippen LogP contribution in [0.5, 0.6) is 17.2 Å². The molecule has 30 heavy (non-hydrogen) atoms. The molecule has 1 fully saturated rings. The fraction of sp³-hybridized carbons (Fsp3) is 0.190. The van der Waals surface area contributed by atoms with Gasteiger partial charge in [-0.2, -0.15) is 0 Å². The highest BCUT2D eigenvalue weighted by Crippen LogP contribution is 2.37. The van der Waals surface area contributed by atoms with Crippen LogP contribution in [0.25, 0.3) is 6.08 Å². The van der Waals surface area contributed by atoms with Gasteiger partial charge in [0.1, 0.15) is 11.3 Å². The molecule has 9 heteroatoms. The van der Waals surface area contributed by atoms with E-state index >= 15 is 0 Å². The number of benzene rings is 2. The van der Waals surface area contributed by atoms with Gasteiger partial charge in [0.15, 0.2) is 16.6 Å². The molecule has 1 saturated heterocycles. The molecule has 2 aromatic rings. The number of nitrogens with one attached hydrogen (secondary N) is 1. The zero-order valence-corrected chi connectivity index (χ0v) is 18.9. The SMILES string of the molecule is CCOc1cc(/C=C2\C(=O)NC(=S)N(c3ccccc3OC)C2=O)cc(Br)c1OC. The monoisotopic (exact) mass is 490 g/mol. The van der Waals surface area contributed by atoms with Crippen LogP contribution in [0, 0.1) is 0 Å². The fourth-order valence-electron chi connectivity index (χ4n) is 2.99. The lowest BCUT2D eigenvalue weighted by Crippen LogP contribution is -2.54. The molecule has 2 amide bonds. The van der Waals surface area contributed by atoms with Crippen molar-refractivity contribution in [3.63, 3.8) is 0 Å². The van der Waals surface area contributed by atoms with Gasteiger partial charge in [0.05, 0.1) is 31.0 Å². The van der Waals surface area contributed by atoms with Crippen LogP contribution in [0.2, 0.25) is 0 Å². The van der Waals surface area contributed by atoms with E-state index < -0.39 is 11.8 Å². The van der Waals surface area contributed by atoms with Gasteiger partial charge in [-0.3, -0.25) is 14.9 Å². The molecule has 1 N–H and O–H groups in total. The van der Waals surface area contributed by atoms with Crippen molar-refractivity contribution >= 4 is 56.8 Å². The van der Waals surface area contributed by atoms with Crippen LogP contribution in [-0.4, -0.2) is 37.8 Å². The fourth-order valence-corrected chi connectivity index (χ4v) is 3.89. The second kappa shape index (κ2) is 9.27. The van der Waals surface area contributed by atoms with Gasteiger partial charge >= 0.3 is 0 Å². The molecule has 2 aromatic carbocycles. The number of methoxy groups -OCH3 is 2. The van der Waals surface area contributed by atoms with Crippen molar-refractivity contribution in [2.24, 2.45) is 0 Å². The van der Waals surface area contributed by atoms with E-state index in [9.17, 15) is 9.59 Å². The van der Waals surface area contributed by atoms with Gasteiger partial charge in [-0.15, -0.1) is 0 Å². The summed E-state index contributed by atoms with van der Waals surface area (Å²) < 4.78 is 16.9. The summed E-state index contributed by atoms with van der Waals surface area (Å²) in [7, 11) is 3.03. The summed E-state index contributed by atoms with van der Waals surface area (Å²) in [6, 6.07) is 10.4. The van der Waals surface area contributed by atoms with Crippen LogP contribution < -0.4 is 24.4 Å². The molecule has 1 heterocycles. The first-order valence-electron chi connectivity index (χ1n) is 8.96. The van der Waals surface area contributed by atoms with Gasteiger partial charge < -0.3 is 14.2 Å². The van der Waals surface area contributed by atoms with Gasteiger partial charge in [-0.05, 0) is 71.0 Å². The van der Waals surface area contributed by atoms with E-state index in [1.165, 1.54) is 25.2 Å². The van der Waals surface area contributed by atoms with Gasteiger partial charge in [-0.1, -0.05) is 12.1 Å². The first kappa shape index (κ1) is 21.8. The van der Waals surface area contributed by atoms with Crippen LogP contribution in [-0.2, 0) is 9.59 Å². The maximum absolute atomic E-state index is 13.2. The van der Waals surface area contributed by atoms with Crippen molar-refractivity contribution in [1.29, 1.82) is 0 Å². The number of amides is 2. The Bertz CT molecular complexity index is 1050. The van der Waals surface area contributed by atoms with Crippen molar-refractivity contribution in [3.8, 4) is 17.2 Å². The van der Waals surface area contributed by atoms with Crippen LogP contribution in [0.3, 0.4) is 0 Å². The molecular weight excluding hydrogens is 472 g/mol. The maximum Gasteiger partial charge on any atom is 0.270 e. The molecule has 0 saturated carbocycles. The molecule has 0 radical (unpaired) electrons. The Labute approximate surface area is 187 Å². The average Bonchev–Trinajstić information content (AvgIpc) is 2.71. The summed E-state index contributed by atoms with van der Waals surface area (Å²) in [6.07, 6.45) is 1.48. The van der Waals surface area contributed by atoms with Crippen LogP contribution in [0.1, 0.15) is 12.5 Å². The van der Waals surface area contributed by atoms with E-state index in [1.54, 1.807) is 36.4 Å². The van der Waals surface area contributed by atoms with Crippen molar-refractivity contribution < 1.29 is 23.8 Å². The van der Waals surface area contributed by atoms with Crippen LogP contribution in [0.15, 0.2) is 46.4 Å². The summed E-state index contributed by atoms with van der Waals surface area (Å²) in [6.45, 7) is 2.28. The number of halogens is 1. The Kier molecular flexibility index (Phi) is 6.73. The molecule has 7 nitrogen and oxygen atoms in total. The normalized spacial score (nSPS) is 15.3. The van der Waals surface area contributed by atoms with Crippen LogP contribution in [0.4, 0.5) is 5.69 Å². The third-order valence-electron chi connectivity index (χ3n) is 4.27. The van der Waals surface area contributed by atoms with E-state index in [1.807, 2.05) is 6.92 Å². The third kappa shape index (κ3) is 4.17. The van der Waals surface area contributed by atoms with E-state index in [0.717, 1.165) is 0 Å². The number of thiocarbonyl (C=S) groups is 1. The average molecular weight is 491 g/mol.